The highest BCUT2D eigenvalue weighted by atomic mass is 16.6. The van der Waals surface area contributed by atoms with Gasteiger partial charge in [-0.1, -0.05) is 91.1 Å². The maximum atomic E-state index is 13.7. The van der Waals surface area contributed by atoms with E-state index in [1.54, 1.807) is 46.8 Å². The molecule has 53 heavy (non-hydrogen) atoms. The summed E-state index contributed by atoms with van der Waals surface area (Å²) in [4.78, 5) is 94.8. The summed E-state index contributed by atoms with van der Waals surface area (Å²) in [6.07, 6.45) is -3.57. The molecule has 298 valence electrons. The van der Waals surface area contributed by atoms with Gasteiger partial charge in [-0.25, -0.2) is 24.0 Å². The molecule has 0 fully saturated rings. The third kappa shape index (κ3) is 13.0. The van der Waals surface area contributed by atoms with E-state index in [2.05, 4.69) is 0 Å². The number of carboxylic acids is 1. The first-order valence-corrected chi connectivity index (χ1v) is 18.1. The van der Waals surface area contributed by atoms with E-state index in [-0.39, 0.29) is 12.5 Å². The molecule has 0 aliphatic rings. The number of amides is 3. The highest BCUT2D eigenvalue weighted by Gasteiger charge is 2.41. The van der Waals surface area contributed by atoms with Crippen molar-refractivity contribution in [3.8, 4) is 0 Å². The van der Waals surface area contributed by atoms with Gasteiger partial charge in [0.05, 0.1) is 0 Å². The van der Waals surface area contributed by atoms with Crippen molar-refractivity contribution in [1.82, 2.24) is 14.7 Å². The van der Waals surface area contributed by atoms with Crippen LogP contribution in [0.3, 0.4) is 0 Å². The number of rotatable bonds is 20. The monoisotopic (exact) mass is 749 g/mol. The molecule has 0 radical (unpaired) electrons. The molecule has 15 heteroatoms. The van der Waals surface area contributed by atoms with Crippen LogP contribution in [0.4, 0.5) is 4.79 Å². The van der Waals surface area contributed by atoms with Crippen molar-refractivity contribution in [3.63, 3.8) is 0 Å². The number of hydrogen-bond donors (Lipinski definition) is 1. The third-order valence-electron chi connectivity index (χ3n) is 9.64. The maximum absolute atomic E-state index is 13.7. The Balaban J connectivity index is 3.13. The van der Waals surface area contributed by atoms with Crippen molar-refractivity contribution < 1.29 is 57.6 Å². The van der Waals surface area contributed by atoms with E-state index >= 15 is 0 Å². The summed E-state index contributed by atoms with van der Waals surface area (Å²) < 4.78 is 21.6. The van der Waals surface area contributed by atoms with E-state index in [9.17, 15) is 38.7 Å². The SMILES string of the molecule is CCC(C)[C@@H](C(=O)O[C@H](C)C(=O)N(C)[C@H](C(=O)O[C@H](C)C(=O)N(C)[C@H](C(=O)O[C@H](C)C(=O)O)C(C)CC)C(C)CC)N(C)C(=O)OCc1ccccc1. The Morgan fingerprint density at radius 2 is 0.906 bits per heavy atom. The Hall–Kier alpha value is -4.69. The number of nitrogens with zero attached hydrogens (tertiary/aromatic N) is 3. The van der Waals surface area contributed by atoms with Gasteiger partial charge in [-0.05, 0) is 44.1 Å². The molecule has 0 aromatic heterocycles. The first-order valence-electron chi connectivity index (χ1n) is 18.1. The summed E-state index contributed by atoms with van der Waals surface area (Å²) in [7, 11) is 4.12. The predicted octanol–water partition coefficient (Wildman–Crippen LogP) is 4.30. The number of benzene rings is 1. The number of hydrogen-bond acceptors (Lipinski definition) is 11. The molecular weight excluding hydrogens is 690 g/mol. The molecule has 0 heterocycles. The molecule has 0 spiro atoms. The highest BCUT2D eigenvalue weighted by Crippen LogP contribution is 2.22. The maximum Gasteiger partial charge on any atom is 0.410 e. The number of carbonyl (C=O) groups is 7. The molecule has 1 rings (SSSR count). The van der Waals surface area contributed by atoms with Gasteiger partial charge in [0.1, 0.15) is 24.7 Å². The molecule has 1 N–H and O–H groups in total. The van der Waals surface area contributed by atoms with Crippen molar-refractivity contribution in [2.45, 2.75) is 125 Å². The first kappa shape index (κ1) is 46.3. The summed E-state index contributed by atoms with van der Waals surface area (Å²) >= 11 is 0. The van der Waals surface area contributed by atoms with Gasteiger partial charge >= 0.3 is 30.0 Å². The Bertz CT molecular complexity index is 1410. The van der Waals surface area contributed by atoms with Gasteiger partial charge in [0.15, 0.2) is 18.3 Å². The normalized spacial score (nSPS) is 16.2. The van der Waals surface area contributed by atoms with E-state index in [4.69, 9.17) is 18.9 Å². The van der Waals surface area contributed by atoms with Gasteiger partial charge in [-0.15, -0.1) is 0 Å². The van der Waals surface area contributed by atoms with E-state index in [1.807, 2.05) is 25.1 Å². The molecule has 0 saturated carbocycles. The second-order valence-electron chi connectivity index (χ2n) is 13.6. The Morgan fingerprint density at radius 3 is 1.25 bits per heavy atom. The highest BCUT2D eigenvalue weighted by molar-refractivity contribution is 5.92. The summed E-state index contributed by atoms with van der Waals surface area (Å²) in [5.41, 5.74) is 0.766. The van der Waals surface area contributed by atoms with Crippen LogP contribution in [0.1, 0.15) is 87.1 Å². The average Bonchev–Trinajstić information content (AvgIpc) is 3.12. The van der Waals surface area contributed by atoms with E-state index in [0.717, 1.165) is 20.3 Å². The fourth-order valence-corrected chi connectivity index (χ4v) is 5.65. The van der Waals surface area contributed by atoms with Gasteiger partial charge in [0, 0.05) is 21.1 Å². The number of carbonyl (C=O) groups excluding carboxylic acids is 6. The van der Waals surface area contributed by atoms with Gasteiger partial charge < -0.3 is 33.9 Å². The summed E-state index contributed by atoms with van der Waals surface area (Å²) in [6.45, 7) is 14.5. The van der Waals surface area contributed by atoms with Crippen molar-refractivity contribution in [1.29, 1.82) is 0 Å². The van der Waals surface area contributed by atoms with Crippen LogP contribution in [0.15, 0.2) is 30.3 Å². The van der Waals surface area contributed by atoms with E-state index in [0.29, 0.717) is 19.3 Å². The fraction of sp³-hybridized carbons (Fsp3) is 0.658. The molecule has 0 aliphatic heterocycles. The van der Waals surface area contributed by atoms with Crippen LogP contribution in [0.25, 0.3) is 0 Å². The zero-order valence-electron chi connectivity index (χ0n) is 33.2. The molecule has 1 aromatic carbocycles. The first-order chi connectivity index (χ1) is 24.7. The smallest absolute Gasteiger partial charge is 0.410 e. The minimum Gasteiger partial charge on any atom is -0.479 e. The van der Waals surface area contributed by atoms with Crippen molar-refractivity contribution in [2.24, 2.45) is 17.8 Å². The summed E-state index contributed by atoms with van der Waals surface area (Å²) in [5, 5.41) is 9.18. The largest absolute Gasteiger partial charge is 0.479 e. The molecular formula is C38H59N3O12. The van der Waals surface area contributed by atoms with Crippen LogP contribution < -0.4 is 0 Å². The summed E-state index contributed by atoms with van der Waals surface area (Å²) in [6, 6.07) is 5.62. The number of likely N-dealkylation sites (N-methyl/N-ethyl adjacent to an activating group) is 3. The van der Waals surface area contributed by atoms with Gasteiger partial charge in [0.25, 0.3) is 11.8 Å². The zero-order chi connectivity index (χ0) is 40.7. The fourth-order valence-electron chi connectivity index (χ4n) is 5.65. The molecule has 0 saturated heterocycles. The van der Waals surface area contributed by atoms with E-state index in [1.165, 1.54) is 41.9 Å². The number of esters is 3. The van der Waals surface area contributed by atoms with Crippen LogP contribution in [0.2, 0.25) is 0 Å². The second-order valence-corrected chi connectivity index (χ2v) is 13.6. The second kappa shape index (κ2) is 21.7. The lowest BCUT2D eigenvalue weighted by molar-refractivity contribution is -0.175. The van der Waals surface area contributed by atoms with Crippen LogP contribution in [0.5, 0.6) is 0 Å². The minimum absolute atomic E-state index is 0.00335. The molecule has 3 unspecified atom stereocenters. The lowest BCUT2D eigenvalue weighted by Gasteiger charge is -2.35. The Labute approximate surface area is 313 Å². The lowest BCUT2D eigenvalue weighted by Crippen LogP contribution is -2.54. The zero-order valence-corrected chi connectivity index (χ0v) is 33.2. The third-order valence-corrected chi connectivity index (χ3v) is 9.64. The molecule has 9 atom stereocenters. The molecule has 1 aromatic rings. The van der Waals surface area contributed by atoms with Crippen molar-refractivity contribution in [3.05, 3.63) is 35.9 Å². The number of carboxylic acid groups (broad SMARTS) is 1. The van der Waals surface area contributed by atoms with Crippen molar-refractivity contribution in [2.75, 3.05) is 21.1 Å². The summed E-state index contributed by atoms with van der Waals surface area (Å²) in [5.74, 6) is -6.71. The minimum atomic E-state index is -1.44. The van der Waals surface area contributed by atoms with Crippen LogP contribution in [0, 0.1) is 17.8 Å². The standard InChI is InChI=1S/C38H59N3O12/c1-13-22(4)29(35(46)51-25(7)32(42)40(11)30(23(5)14-2)36(47)53-27(9)34(44)45)39(10)33(43)26(8)52-37(48)31(24(6)15-3)41(12)38(49)50-21-28-19-17-16-18-20-28/h16-20,22-27,29-31H,13-15,21H2,1-12H3,(H,44,45)/t22?,23?,24?,25-,26-,27-,29+,30+,31+/m1/s1. The molecule has 0 bridgehead atoms. The quantitative estimate of drug-likeness (QED) is 0.147. The topological polar surface area (TPSA) is 186 Å². The number of ether oxygens (including phenoxy) is 4. The Morgan fingerprint density at radius 1 is 0.566 bits per heavy atom. The Kier molecular flexibility index (Phi) is 19.0. The molecule has 15 nitrogen and oxygen atoms in total. The predicted molar refractivity (Wildman–Crippen MR) is 194 cm³/mol. The number of aliphatic carboxylic acids is 1. The molecule has 3 amide bonds. The van der Waals surface area contributed by atoms with Gasteiger partial charge in [-0.2, -0.15) is 0 Å². The molecule has 0 aliphatic carbocycles. The lowest BCUT2D eigenvalue weighted by atomic mass is 9.97. The van der Waals surface area contributed by atoms with Crippen molar-refractivity contribution >= 4 is 41.8 Å². The average molecular weight is 750 g/mol. The van der Waals surface area contributed by atoms with Crippen LogP contribution in [-0.4, -0.2) is 119 Å². The van der Waals surface area contributed by atoms with Crippen LogP contribution >= 0.6 is 0 Å². The van der Waals surface area contributed by atoms with Gasteiger partial charge in [-0.3, -0.25) is 14.5 Å². The van der Waals surface area contributed by atoms with E-state index < -0.39 is 90.1 Å². The van der Waals surface area contributed by atoms with Crippen LogP contribution in [-0.2, 0) is 54.3 Å². The van der Waals surface area contributed by atoms with Gasteiger partial charge in [0.2, 0.25) is 0 Å².